The van der Waals surface area contributed by atoms with Gasteiger partial charge in [-0.05, 0) is 25.0 Å². The van der Waals surface area contributed by atoms with Gasteiger partial charge < -0.3 is 15.8 Å². The van der Waals surface area contributed by atoms with Gasteiger partial charge in [0.2, 0.25) is 5.88 Å². The van der Waals surface area contributed by atoms with E-state index in [1.54, 1.807) is 19.2 Å². The van der Waals surface area contributed by atoms with Gasteiger partial charge in [0.25, 0.3) is 0 Å². The summed E-state index contributed by atoms with van der Waals surface area (Å²) in [5, 5.41) is 3.24. The maximum absolute atomic E-state index is 5.87. The van der Waals surface area contributed by atoms with Crippen LogP contribution in [0.5, 0.6) is 5.88 Å². The highest BCUT2D eigenvalue weighted by Gasteiger charge is 2.02. The van der Waals surface area contributed by atoms with Crippen LogP contribution in [-0.4, -0.2) is 18.6 Å². The molecule has 0 saturated heterocycles. The van der Waals surface area contributed by atoms with Crippen molar-refractivity contribution in [2.24, 2.45) is 0 Å². The molecule has 2 rings (SSSR count). The molecule has 0 fully saturated rings. The Kier molecular flexibility index (Phi) is 4.23. The second-order valence-electron chi connectivity index (χ2n) is 4.46. The second kappa shape index (κ2) is 6.09. The SMILES string of the molecule is COc1ccc(N)c(NCCc2cccc(C)c2)n1. The van der Waals surface area contributed by atoms with E-state index in [9.17, 15) is 0 Å². The average molecular weight is 257 g/mol. The van der Waals surface area contributed by atoms with Gasteiger partial charge in [0.1, 0.15) is 0 Å². The van der Waals surface area contributed by atoms with Crippen molar-refractivity contribution in [3.05, 3.63) is 47.5 Å². The predicted molar refractivity (Wildman–Crippen MR) is 78.6 cm³/mol. The Morgan fingerprint density at radius 3 is 2.84 bits per heavy atom. The van der Waals surface area contributed by atoms with Crippen LogP contribution in [-0.2, 0) is 6.42 Å². The Morgan fingerprint density at radius 2 is 2.11 bits per heavy atom. The molecule has 4 nitrogen and oxygen atoms in total. The molecule has 0 unspecified atom stereocenters. The number of benzene rings is 1. The first kappa shape index (κ1) is 13.2. The maximum Gasteiger partial charge on any atom is 0.215 e. The summed E-state index contributed by atoms with van der Waals surface area (Å²) in [6, 6.07) is 12.0. The molecule has 19 heavy (non-hydrogen) atoms. The number of nitrogen functional groups attached to an aromatic ring is 1. The number of methoxy groups -OCH3 is 1. The summed E-state index contributed by atoms with van der Waals surface area (Å²) in [5.41, 5.74) is 9.07. The third-order valence-electron chi connectivity index (χ3n) is 2.90. The van der Waals surface area contributed by atoms with Crippen LogP contribution in [0.1, 0.15) is 11.1 Å². The van der Waals surface area contributed by atoms with Crippen molar-refractivity contribution >= 4 is 11.5 Å². The molecule has 0 aliphatic rings. The zero-order chi connectivity index (χ0) is 13.7. The molecule has 0 saturated carbocycles. The number of anilines is 2. The van der Waals surface area contributed by atoms with Gasteiger partial charge >= 0.3 is 0 Å². The predicted octanol–water partition coefficient (Wildman–Crippen LogP) is 2.64. The average Bonchev–Trinajstić information content (AvgIpc) is 2.41. The molecule has 0 amide bonds. The maximum atomic E-state index is 5.87. The number of pyridine rings is 1. The fourth-order valence-corrected chi connectivity index (χ4v) is 1.90. The topological polar surface area (TPSA) is 60.2 Å². The first-order valence-corrected chi connectivity index (χ1v) is 6.29. The number of aryl methyl sites for hydroxylation is 1. The van der Waals surface area contributed by atoms with Crippen LogP contribution >= 0.6 is 0 Å². The van der Waals surface area contributed by atoms with Crippen molar-refractivity contribution < 1.29 is 4.74 Å². The van der Waals surface area contributed by atoms with Gasteiger partial charge in [0.15, 0.2) is 5.82 Å². The molecule has 4 heteroatoms. The third kappa shape index (κ3) is 3.61. The van der Waals surface area contributed by atoms with E-state index in [1.165, 1.54) is 11.1 Å². The largest absolute Gasteiger partial charge is 0.481 e. The summed E-state index contributed by atoms with van der Waals surface area (Å²) in [5.74, 6) is 1.24. The smallest absolute Gasteiger partial charge is 0.215 e. The van der Waals surface area contributed by atoms with Crippen LogP contribution in [0.3, 0.4) is 0 Å². The number of hydrogen-bond acceptors (Lipinski definition) is 4. The number of nitrogens with two attached hydrogens (primary N) is 1. The van der Waals surface area contributed by atoms with Crippen LogP contribution < -0.4 is 15.8 Å². The number of nitrogens with zero attached hydrogens (tertiary/aromatic N) is 1. The lowest BCUT2D eigenvalue weighted by Crippen LogP contribution is -2.09. The van der Waals surface area contributed by atoms with Crippen LogP contribution in [0.25, 0.3) is 0 Å². The Bertz CT molecular complexity index is 555. The fourth-order valence-electron chi connectivity index (χ4n) is 1.90. The lowest BCUT2D eigenvalue weighted by atomic mass is 10.1. The molecular weight excluding hydrogens is 238 g/mol. The minimum absolute atomic E-state index is 0.562. The van der Waals surface area contributed by atoms with E-state index in [4.69, 9.17) is 10.5 Å². The molecule has 100 valence electrons. The number of hydrogen-bond donors (Lipinski definition) is 2. The van der Waals surface area contributed by atoms with Crippen molar-refractivity contribution in [2.75, 3.05) is 24.7 Å². The zero-order valence-electron chi connectivity index (χ0n) is 11.3. The summed E-state index contributed by atoms with van der Waals surface area (Å²) in [6.45, 7) is 2.88. The standard InChI is InChI=1S/C15H19N3O/c1-11-4-3-5-12(10-11)8-9-17-15-13(16)6-7-14(18-15)19-2/h3-7,10H,8-9,16H2,1-2H3,(H,17,18). The minimum Gasteiger partial charge on any atom is -0.481 e. The molecule has 0 atom stereocenters. The molecule has 0 bridgehead atoms. The van der Waals surface area contributed by atoms with E-state index in [0.29, 0.717) is 17.4 Å². The number of aromatic nitrogens is 1. The molecule has 1 aromatic heterocycles. The number of ether oxygens (including phenoxy) is 1. The fraction of sp³-hybridized carbons (Fsp3) is 0.267. The molecule has 0 radical (unpaired) electrons. The van der Waals surface area contributed by atoms with Crippen molar-refractivity contribution in [1.29, 1.82) is 0 Å². The summed E-state index contributed by atoms with van der Waals surface area (Å²) in [7, 11) is 1.59. The van der Waals surface area contributed by atoms with Crippen LogP contribution in [0, 0.1) is 6.92 Å². The molecule has 0 aliphatic heterocycles. The Hall–Kier alpha value is -2.23. The molecule has 1 heterocycles. The van der Waals surface area contributed by atoms with Crippen molar-refractivity contribution in [2.45, 2.75) is 13.3 Å². The van der Waals surface area contributed by atoms with Gasteiger partial charge in [-0.25, -0.2) is 0 Å². The van der Waals surface area contributed by atoms with E-state index in [1.807, 2.05) is 0 Å². The van der Waals surface area contributed by atoms with Gasteiger partial charge in [-0.15, -0.1) is 0 Å². The monoisotopic (exact) mass is 257 g/mol. The molecule has 3 N–H and O–H groups in total. The van der Waals surface area contributed by atoms with Gasteiger partial charge in [-0.1, -0.05) is 29.8 Å². The molecule has 2 aromatic rings. The first-order valence-electron chi connectivity index (χ1n) is 6.29. The highest BCUT2D eigenvalue weighted by molar-refractivity contribution is 5.61. The first-order chi connectivity index (χ1) is 9.19. The van der Waals surface area contributed by atoms with Gasteiger partial charge in [-0.2, -0.15) is 4.98 Å². The zero-order valence-corrected chi connectivity index (χ0v) is 11.3. The van der Waals surface area contributed by atoms with Crippen molar-refractivity contribution in [3.8, 4) is 5.88 Å². The highest BCUT2D eigenvalue weighted by atomic mass is 16.5. The third-order valence-corrected chi connectivity index (χ3v) is 2.90. The van der Waals surface area contributed by atoms with Gasteiger partial charge in [0.05, 0.1) is 12.8 Å². The summed E-state index contributed by atoms with van der Waals surface area (Å²) < 4.78 is 5.08. The minimum atomic E-state index is 0.562. The van der Waals surface area contributed by atoms with Crippen LogP contribution in [0.4, 0.5) is 11.5 Å². The van der Waals surface area contributed by atoms with Crippen LogP contribution in [0.2, 0.25) is 0 Å². The molecular formula is C15H19N3O. The highest BCUT2D eigenvalue weighted by Crippen LogP contribution is 2.19. The Balaban J connectivity index is 1.95. The van der Waals surface area contributed by atoms with E-state index < -0.39 is 0 Å². The van der Waals surface area contributed by atoms with Crippen molar-refractivity contribution in [3.63, 3.8) is 0 Å². The molecule has 0 spiro atoms. The number of rotatable bonds is 5. The molecule has 0 aliphatic carbocycles. The second-order valence-corrected chi connectivity index (χ2v) is 4.46. The van der Waals surface area contributed by atoms with E-state index in [-0.39, 0.29) is 0 Å². The lowest BCUT2D eigenvalue weighted by molar-refractivity contribution is 0.398. The van der Waals surface area contributed by atoms with Gasteiger partial charge in [-0.3, -0.25) is 0 Å². The summed E-state index contributed by atoms with van der Waals surface area (Å²) >= 11 is 0. The molecule has 1 aromatic carbocycles. The van der Waals surface area contributed by atoms with E-state index >= 15 is 0 Å². The van der Waals surface area contributed by atoms with Crippen LogP contribution in [0.15, 0.2) is 36.4 Å². The van der Waals surface area contributed by atoms with E-state index in [2.05, 4.69) is 41.5 Å². The quantitative estimate of drug-likeness (QED) is 0.864. The summed E-state index contributed by atoms with van der Waals surface area (Å²) in [6.07, 6.45) is 0.931. The lowest BCUT2D eigenvalue weighted by Gasteiger charge is -2.10. The van der Waals surface area contributed by atoms with Crippen molar-refractivity contribution in [1.82, 2.24) is 4.98 Å². The Morgan fingerprint density at radius 1 is 1.26 bits per heavy atom. The normalized spacial score (nSPS) is 10.2. The van der Waals surface area contributed by atoms with Gasteiger partial charge in [0, 0.05) is 12.6 Å². The number of nitrogens with one attached hydrogen (secondary N) is 1. The summed E-state index contributed by atoms with van der Waals surface area (Å²) in [4.78, 5) is 4.28. The Labute approximate surface area is 113 Å². The van der Waals surface area contributed by atoms with E-state index in [0.717, 1.165) is 13.0 Å².